The van der Waals surface area contributed by atoms with Crippen LogP contribution in [0.25, 0.3) is 0 Å². The van der Waals surface area contributed by atoms with E-state index in [2.05, 4.69) is 50.8 Å². The molecular weight excluding hydrogens is 184 g/mol. The molecule has 2 nitrogen and oxygen atoms in total. The zero-order valence-corrected chi connectivity index (χ0v) is 10.2. The van der Waals surface area contributed by atoms with Crippen LogP contribution in [0, 0.1) is 17.3 Å². The highest BCUT2D eigenvalue weighted by atomic mass is 15.3. The van der Waals surface area contributed by atoms with Crippen molar-refractivity contribution in [1.29, 1.82) is 0 Å². The first-order valence-corrected chi connectivity index (χ1v) is 5.52. The fourth-order valence-electron chi connectivity index (χ4n) is 1.21. The van der Waals surface area contributed by atoms with Crippen LogP contribution in [0.4, 0.5) is 0 Å². The third kappa shape index (κ3) is 4.69. The number of aryl methyl sites for hydroxylation is 2. The topological polar surface area (TPSA) is 17.8 Å². The quantitative estimate of drug-likeness (QED) is 0.692. The number of aromatic nitrogens is 2. The molecule has 2 heteroatoms. The van der Waals surface area contributed by atoms with Gasteiger partial charge in [-0.15, -0.1) is 5.92 Å². The first kappa shape index (κ1) is 11.8. The molecular formula is C13H20N2. The molecule has 0 aliphatic carbocycles. The average molecular weight is 204 g/mol. The summed E-state index contributed by atoms with van der Waals surface area (Å²) in [6, 6.07) is 0. The lowest BCUT2D eigenvalue weighted by Gasteiger charge is -2.06. The standard InChI is InChI=1S/C13H20N2/c1-5-12-10-14-15(11-12)9-7-6-8-13(2,3)4/h10-11H,5,7,9H2,1-4H3. The highest BCUT2D eigenvalue weighted by Gasteiger charge is 2.02. The molecule has 0 N–H and O–H groups in total. The summed E-state index contributed by atoms with van der Waals surface area (Å²) >= 11 is 0. The van der Waals surface area contributed by atoms with Crippen molar-refractivity contribution in [2.45, 2.75) is 47.1 Å². The van der Waals surface area contributed by atoms with Crippen LogP contribution in [0.15, 0.2) is 12.4 Å². The molecule has 0 atom stereocenters. The van der Waals surface area contributed by atoms with Gasteiger partial charge < -0.3 is 0 Å². The van der Waals surface area contributed by atoms with E-state index < -0.39 is 0 Å². The van der Waals surface area contributed by atoms with Gasteiger partial charge in [-0.3, -0.25) is 4.68 Å². The summed E-state index contributed by atoms with van der Waals surface area (Å²) < 4.78 is 1.97. The molecule has 0 saturated carbocycles. The summed E-state index contributed by atoms with van der Waals surface area (Å²) in [6.07, 6.45) is 5.95. The van der Waals surface area contributed by atoms with Gasteiger partial charge in [0.1, 0.15) is 0 Å². The second kappa shape index (κ2) is 5.02. The second-order valence-electron chi connectivity index (χ2n) is 4.77. The first-order chi connectivity index (χ1) is 7.01. The second-order valence-corrected chi connectivity index (χ2v) is 4.77. The normalized spacial score (nSPS) is 10.9. The van der Waals surface area contributed by atoms with Gasteiger partial charge in [0.25, 0.3) is 0 Å². The van der Waals surface area contributed by atoms with Crippen molar-refractivity contribution in [1.82, 2.24) is 9.78 Å². The van der Waals surface area contributed by atoms with Gasteiger partial charge in [-0.2, -0.15) is 5.10 Å². The van der Waals surface area contributed by atoms with Crippen molar-refractivity contribution in [3.8, 4) is 11.8 Å². The van der Waals surface area contributed by atoms with Gasteiger partial charge in [0.2, 0.25) is 0 Å². The van der Waals surface area contributed by atoms with Crippen molar-refractivity contribution in [2.24, 2.45) is 5.41 Å². The number of rotatable bonds is 3. The van der Waals surface area contributed by atoms with E-state index in [1.54, 1.807) is 0 Å². The zero-order chi connectivity index (χ0) is 11.3. The van der Waals surface area contributed by atoms with Gasteiger partial charge in [0.05, 0.1) is 12.7 Å². The lowest BCUT2D eigenvalue weighted by atomic mass is 9.98. The van der Waals surface area contributed by atoms with E-state index in [0.29, 0.717) is 0 Å². The third-order valence-corrected chi connectivity index (χ3v) is 2.02. The minimum Gasteiger partial charge on any atom is -0.272 e. The largest absolute Gasteiger partial charge is 0.272 e. The van der Waals surface area contributed by atoms with Crippen LogP contribution in [-0.4, -0.2) is 9.78 Å². The van der Waals surface area contributed by atoms with E-state index in [9.17, 15) is 0 Å². The van der Waals surface area contributed by atoms with Gasteiger partial charge in [0, 0.05) is 18.0 Å². The average Bonchev–Trinajstić information content (AvgIpc) is 2.59. The Labute approximate surface area is 92.7 Å². The van der Waals surface area contributed by atoms with E-state index in [0.717, 1.165) is 19.4 Å². The summed E-state index contributed by atoms with van der Waals surface area (Å²) in [4.78, 5) is 0. The zero-order valence-electron chi connectivity index (χ0n) is 10.2. The SMILES string of the molecule is CCc1cnn(CCC#CC(C)(C)C)c1. The Hall–Kier alpha value is -1.23. The van der Waals surface area contributed by atoms with Crippen molar-refractivity contribution < 1.29 is 0 Å². The minimum atomic E-state index is 0.110. The molecule has 0 spiro atoms. The molecule has 0 radical (unpaired) electrons. The maximum Gasteiger partial charge on any atom is 0.0521 e. The van der Waals surface area contributed by atoms with Crippen LogP contribution in [0.5, 0.6) is 0 Å². The van der Waals surface area contributed by atoms with Gasteiger partial charge in [-0.05, 0) is 32.8 Å². The van der Waals surface area contributed by atoms with Gasteiger partial charge in [0.15, 0.2) is 0 Å². The maximum absolute atomic E-state index is 4.27. The Morgan fingerprint density at radius 2 is 2.13 bits per heavy atom. The Morgan fingerprint density at radius 1 is 1.40 bits per heavy atom. The minimum absolute atomic E-state index is 0.110. The molecule has 1 aromatic rings. The Balaban J connectivity index is 2.40. The molecule has 15 heavy (non-hydrogen) atoms. The van der Waals surface area contributed by atoms with Crippen LogP contribution in [0.2, 0.25) is 0 Å². The van der Waals surface area contributed by atoms with Gasteiger partial charge in [-0.25, -0.2) is 0 Å². The summed E-state index contributed by atoms with van der Waals surface area (Å²) in [5, 5.41) is 4.27. The van der Waals surface area contributed by atoms with E-state index in [4.69, 9.17) is 0 Å². The monoisotopic (exact) mass is 204 g/mol. The van der Waals surface area contributed by atoms with Crippen LogP contribution in [-0.2, 0) is 13.0 Å². The fraction of sp³-hybridized carbons (Fsp3) is 0.615. The van der Waals surface area contributed by atoms with Crippen LogP contribution in [0.1, 0.15) is 39.7 Å². The summed E-state index contributed by atoms with van der Waals surface area (Å²) in [5.41, 5.74) is 1.40. The highest BCUT2D eigenvalue weighted by molar-refractivity contribution is 5.07. The Bertz CT molecular complexity index is 358. The summed E-state index contributed by atoms with van der Waals surface area (Å²) in [5.74, 6) is 6.41. The lowest BCUT2D eigenvalue weighted by molar-refractivity contribution is 0.568. The van der Waals surface area contributed by atoms with Crippen molar-refractivity contribution in [3.05, 3.63) is 18.0 Å². The number of hydrogen-bond donors (Lipinski definition) is 0. The lowest BCUT2D eigenvalue weighted by Crippen LogP contribution is -2.00. The third-order valence-electron chi connectivity index (χ3n) is 2.02. The molecule has 0 aromatic carbocycles. The van der Waals surface area contributed by atoms with E-state index in [1.165, 1.54) is 5.56 Å². The fourth-order valence-corrected chi connectivity index (χ4v) is 1.21. The van der Waals surface area contributed by atoms with Crippen molar-refractivity contribution in [2.75, 3.05) is 0 Å². The van der Waals surface area contributed by atoms with Crippen molar-refractivity contribution in [3.63, 3.8) is 0 Å². The van der Waals surface area contributed by atoms with E-state index in [1.807, 2.05) is 10.9 Å². The molecule has 0 bridgehead atoms. The highest BCUT2D eigenvalue weighted by Crippen LogP contribution is 2.09. The number of hydrogen-bond acceptors (Lipinski definition) is 1. The molecule has 82 valence electrons. The first-order valence-electron chi connectivity index (χ1n) is 5.52. The molecule has 0 amide bonds. The molecule has 0 aliphatic heterocycles. The van der Waals surface area contributed by atoms with Gasteiger partial charge in [-0.1, -0.05) is 12.8 Å². The Kier molecular flexibility index (Phi) is 3.96. The maximum atomic E-state index is 4.27. The smallest absolute Gasteiger partial charge is 0.0521 e. The van der Waals surface area contributed by atoms with Crippen LogP contribution >= 0.6 is 0 Å². The Morgan fingerprint density at radius 3 is 2.67 bits per heavy atom. The molecule has 1 rings (SSSR count). The molecule has 0 unspecified atom stereocenters. The van der Waals surface area contributed by atoms with Crippen LogP contribution in [0.3, 0.4) is 0 Å². The van der Waals surface area contributed by atoms with Gasteiger partial charge >= 0.3 is 0 Å². The van der Waals surface area contributed by atoms with Crippen LogP contribution < -0.4 is 0 Å². The van der Waals surface area contributed by atoms with E-state index >= 15 is 0 Å². The molecule has 0 saturated heterocycles. The predicted octanol–water partition coefficient (Wildman–Crippen LogP) is 2.89. The van der Waals surface area contributed by atoms with Crippen molar-refractivity contribution >= 4 is 0 Å². The molecule has 0 fully saturated rings. The molecule has 1 heterocycles. The van der Waals surface area contributed by atoms with E-state index in [-0.39, 0.29) is 5.41 Å². The summed E-state index contributed by atoms with van der Waals surface area (Å²) in [7, 11) is 0. The summed E-state index contributed by atoms with van der Waals surface area (Å²) in [6.45, 7) is 9.42. The number of nitrogens with zero attached hydrogens (tertiary/aromatic N) is 2. The molecule has 0 aliphatic rings. The predicted molar refractivity (Wildman–Crippen MR) is 63.5 cm³/mol. The molecule has 1 aromatic heterocycles.